The largest absolute Gasteiger partial charge is 0.481 e. The predicted octanol–water partition coefficient (Wildman–Crippen LogP) is 18.6. The number of cyclic esters (lactones) is 1. The van der Waals surface area contributed by atoms with Gasteiger partial charge < -0.3 is 41.3 Å². The summed E-state index contributed by atoms with van der Waals surface area (Å²) in [6.07, 6.45) is 21.9. The SMILES string of the molecule is CCC(=O)CCCS(=O)(=O)N(CC#N)C(=O)[C@@H](CC(=O)CCNC(=O)[C@H](CC(=O)/C=C/C[C@H](O)[C@H](C)/C=C/c1ccccc1)Cc1ccc(C)c(C)c1)CC(C)C.Cc1ccc(C[C@@H](CC(=O)/C=C/C[C@H](O)[C@H](C)/C=C/c2ccccc2)C(=O)NCCC(=O)C[C@@H](CC(C)C)C(=O)O)cc1C.Cc1ccc(C[C@H]2NC(=O)/C=C/C[C@@H]([C@H](C)/C=C/c3ccccc3)OC(=O)[C@H](CC(C)C)CC(=O)CCNC2=O)cc1C. The molecule has 6 aromatic carbocycles. The number of aliphatic hydroxyl groups excluding tert-OH is 2. The number of hydrogen-bond donors (Lipinski definition) is 7. The van der Waals surface area contributed by atoms with Crippen LogP contribution in [0.25, 0.3) is 18.2 Å². The van der Waals surface area contributed by atoms with Crippen LogP contribution in [0.3, 0.4) is 0 Å². The van der Waals surface area contributed by atoms with Crippen LogP contribution in [0, 0.1) is 118 Å². The van der Waals surface area contributed by atoms with E-state index in [0.717, 1.165) is 66.8 Å². The van der Waals surface area contributed by atoms with Crippen molar-refractivity contribution in [1.29, 1.82) is 5.26 Å². The number of carbonyl (C=O) groups excluding carboxylic acids is 12. The van der Waals surface area contributed by atoms with Crippen LogP contribution in [-0.2, 0) is 96.4 Å². The number of rotatable bonds is 52. The molecule has 26 heteroatoms. The molecular weight excluding hydrogens is 1840 g/mol. The van der Waals surface area contributed by atoms with Crippen LogP contribution in [-0.4, -0.2) is 161 Å². The molecular formula is C118H156N6O19S. The monoisotopic (exact) mass is 1990 g/mol. The van der Waals surface area contributed by atoms with Gasteiger partial charge in [0, 0.05) is 132 Å². The van der Waals surface area contributed by atoms with Crippen molar-refractivity contribution in [2.75, 3.05) is 31.9 Å². The van der Waals surface area contributed by atoms with Crippen molar-refractivity contribution in [2.45, 2.75) is 264 Å². The maximum absolute atomic E-state index is 13.6. The first kappa shape index (κ1) is 122. The van der Waals surface area contributed by atoms with Gasteiger partial charge in [-0.3, -0.25) is 62.3 Å². The summed E-state index contributed by atoms with van der Waals surface area (Å²) in [5.41, 5.74) is 12.5. The molecule has 5 amide bonds. The Morgan fingerprint density at radius 3 is 1.43 bits per heavy atom. The molecule has 0 fully saturated rings. The number of aliphatic hydroxyl groups is 2. The first-order chi connectivity index (χ1) is 68.3. The number of ketones is 6. The minimum absolute atomic E-state index is 0.0138. The van der Waals surface area contributed by atoms with Crippen LogP contribution in [0.5, 0.6) is 0 Å². The van der Waals surface area contributed by atoms with Gasteiger partial charge >= 0.3 is 11.9 Å². The molecule has 6 aromatic rings. The van der Waals surface area contributed by atoms with Gasteiger partial charge in [-0.15, -0.1) is 0 Å². The first-order valence-electron chi connectivity index (χ1n) is 50.7. The predicted molar refractivity (Wildman–Crippen MR) is 568 cm³/mol. The Morgan fingerprint density at radius 2 is 0.993 bits per heavy atom. The lowest BCUT2D eigenvalue weighted by molar-refractivity contribution is -0.157. The number of allylic oxidation sites excluding steroid dienone is 2. The molecule has 0 aliphatic carbocycles. The second kappa shape index (κ2) is 64.9. The van der Waals surface area contributed by atoms with E-state index in [1.807, 2.05) is 286 Å². The molecule has 1 aliphatic heterocycles. The van der Waals surface area contributed by atoms with Gasteiger partial charge in [0.05, 0.1) is 35.9 Å². The average molecular weight is 1990 g/mol. The third-order valence-corrected chi connectivity index (χ3v) is 27.3. The number of nitriles is 1. The Bertz CT molecular complexity index is 5540. The summed E-state index contributed by atoms with van der Waals surface area (Å²) in [7, 11) is -4.22. The van der Waals surface area contributed by atoms with Gasteiger partial charge in [0.1, 0.15) is 41.8 Å². The Labute approximate surface area is 854 Å². The van der Waals surface area contributed by atoms with Crippen LogP contribution in [0.4, 0.5) is 0 Å². The molecule has 0 aromatic heterocycles. The topological polar surface area (TPSA) is 401 Å². The highest BCUT2D eigenvalue weighted by molar-refractivity contribution is 7.89. The zero-order valence-corrected chi connectivity index (χ0v) is 88.1. The second-order valence-electron chi connectivity index (χ2n) is 39.6. The fraction of sp³-hybridized carbons (Fsp3) is 0.475. The van der Waals surface area contributed by atoms with Gasteiger partial charge in [0.15, 0.2) is 11.6 Å². The van der Waals surface area contributed by atoms with E-state index >= 15 is 0 Å². The summed E-state index contributed by atoms with van der Waals surface area (Å²) in [6.45, 7) is 30.4. The van der Waals surface area contributed by atoms with E-state index in [1.165, 1.54) is 18.2 Å². The second-order valence-corrected chi connectivity index (χ2v) is 41.6. The summed E-state index contributed by atoms with van der Waals surface area (Å²) in [6, 6.07) is 48.1. The molecule has 7 rings (SSSR count). The van der Waals surface area contributed by atoms with Crippen LogP contribution < -0.4 is 21.3 Å². The van der Waals surface area contributed by atoms with Crippen LogP contribution in [0.2, 0.25) is 0 Å². The fourth-order valence-corrected chi connectivity index (χ4v) is 17.8. The van der Waals surface area contributed by atoms with E-state index in [0.29, 0.717) is 42.8 Å². The van der Waals surface area contributed by atoms with Gasteiger partial charge in [-0.25, -0.2) is 12.7 Å². The molecule has 0 saturated heterocycles. The van der Waals surface area contributed by atoms with Gasteiger partial charge in [-0.2, -0.15) is 5.26 Å². The molecule has 0 spiro atoms. The van der Waals surface area contributed by atoms with E-state index in [9.17, 15) is 91.3 Å². The number of nitrogens with one attached hydrogen (secondary N) is 4. The standard InChI is InChI=1S/C45H61N3O8S.C37H49NO6.C36H46N2O5/c1-7-40(49)16-12-26-57(55,56)48(25-23-46)45(54)39(27-32(2)3)31-42(51)22-24-47-44(53)38(29-37-21-18-33(4)35(6)28-37)30-41(50)15-11-17-43(52)34(5)19-20-36-13-9-8-10-14-36;1-25(2)20-32(37(43)44)24-34(40)18-19-38-36(42)31(22-30-17-14-26(3)28(5)21-30)23-33(39)12-9-13-35(41)27(4)15-16-29-10-7-6-8-11-29;1-24(2)20-30-23-31(39)18-19-37-35(41)32(22-29-17-14-25(3)27(5)21-29)38-34(40)13-9-12-33(43-36(30)42)26(4)15-16-28-10-7-6-8-11-28/h8-11,13-15,18-21,28,32,34,38-39,43,52H,7,12,16-17,22,24-27,29-31H2,1-6H3,(H,47,53);6-12,14-17,21,25,27,31-32,35,41H,13,18-20,22-24H2,1-5H3,(H,38,42)(H,43,44);6-11,13-17,21,24,26,30,32-33H,12,18-20,22-23H2,1-5H3,(H,37,41)(H,38,40)/b15-11+,20-19+;12-9+,16-15+;13-9+,16-15+/t34-,38+,39-,43+;27-,31+,32-,35+;26-,30-,32-,33+/m111/s1. The summed E-state index contributed by atoms with van der Waals surface area (Å²) < 4.78 is 32.8. The van der Waals surface area contributed by atoms with Gasteiger partial charge in [0.25, 0.3) is 0 Å². The summed E-state index contributed by atoms with van der Waals surface area (Å²) in [5.74, 6) is -9.36. The zero-order valence-electron chi connectivity index (χ0n) is 87.3. The number of benzene rings is 6. The Kier molecular flexibility index (Phi) is 55.0. The zero-order chi connectivity index (χ0) is 107. The van der Waals surface area contributed by atoms with Crippen molar-refractivity contribution < 1.29 is 90.8 Å². The third kappa shape index (κ3) is 47.8. The quantitative estimate of drug-likeness (QED) is 0.0106. The van der Waals surface area contributed by atoms with E-state index in [1.54, 1.807) is 31.2 Å². The van der Waals surface area contributed by atoms with Crippen molar-refractivity contribution in [3.8, 4) is 6.07 Å². The molecule has 778 valence electrons. The maximum Gasteiger partial charge on any atom is 0.309 e. The number of ether oxygens (including phenoxy) is 1. The Morgan fingerprint density at radius 1 is 0.549 bits per heavy atom. The molecule has 0 saturated carbocycles. The number of nitrogens with zero attached hydrogens (tertiary/aromatic N) is 2. The summed E-state index contributed by atoms with van der Waals surface area (Å²) in [5, 5.41) is 51.2. The lowest BCUT2D eigenvalue weighted by Gasteiger charge is -2.26. The van der Waals surface area contributed by atoms with Gasteiger partial charge in [0.2, 0.25) is 39.6 Å². The van der Waals surface area contributed by atoms with Crippen molar-refractivity contribution in [2.24, 2.45) is 65.1 Å². The number of carbonyl (C=O) groups is 13. The number of esters is 1. The van der Waals surface area contributed by atoms with Gasteiger partial charge in [-0.05, 0) is 196 Å². The minimum Gasteiger partial charge on any atom is -0.481 e. The molecule has 1 heterocycles. The van der Waals surface area contributed by atoms with E-state index < -0.39 is 106 Å². The van der Waals surface area contributed by atoms with Crippen molar-refractivity contribution in [1.82, 2.24) is 25.6 Å². The molecule has 25 nitrogen and oxygen atoms in total. The summed E-state index contributed by atoms with van der Waals surface area (Å²) in [4.78, 5) is 168. The average Bonchev–Trinajstić information content (AvgIpc) is 0.819. The van der Waals surface area contributed by atoms with E-state index in [4.69, 9.17) is 4.74 Å². The number of hydrogen-bond acceptors (Lipinski definition) is 19. The highest BCUT2D eigenvalue weighted by atomic mass is 32.2. The number of carboxylic acids is 1. The smallest absolute Gasteiger partial charge is 0.309 e. The minimum atomic E-state index is -4.22. The van der Waals surface area contributed by atoms with Crippen molar-refractivity contribution >= 4 is 104 Å². The number of aliphatic carboxylic acids is 1. The molecule has 0 radical (unpaired) electrons. The highest BCUT2D eigenvalue weighted by Gasteiger charge is 2.36. The molecule has 7 N–H and O–H groups in total. The van der Waals surface area contributed by atoms with E-state index in [-0.39, 0.29) is 192 Å². The van der Waals surface area contributed by atoms with E-state index in [2.05, 4.69) is 21.3 Å². The van der Waals surface area contributed by atoms with Crippen LogP contribution in [0.15, 0.2) is 200 Å². The number of aryl methyl sites for hydroxylation is 6. The summed E-state index contributed by atoms with van der Waals surface area (Å²) >= 11 is 0. The molecule has 144 heavy (non-hydrogen) atoms. The number of sulfonamides is 1. The molecule has 0 unspecified atom stereocenters. The lowest BCUT2D eigenvalue weighted by atomic mass is 9.90. The third-order valence-electron chi connectivity index (χ3n) is 25.5. The maximum atomic E-state index is 13.6. The van der Waals surface area contributed by atoms with Crippen LogP contribution in [0.1, 0.15) is 245 Å². The van der Waals surface area contributed by atoms with Crippen molar-refractivity contribution in [3.05, 3.63) is 267 Å². The normalized spacial score (nSPS) is 16.7. The van der Waals surface area contributed by atoms with Crippen LogP contribution >= 0.6 is 0 Å². The molecule has 1 aliphatic rings. The Hall–Kier alpha value is -12.6. The molecule has 0 bridgehead atoms. The fourth-order valence-electron chi connectivity index (χ4n) is 16.4. The number of amides is 5. The Balaban J connectivity index is 0.000000385. The number of carboxylic acid groups (broad SMARTS) is 1. The van der Waals surface area contributed by atoms with Gasteiger partial charge in [-0.1, -0.05) is 270 Å². The first-order valence-corrected chi connectivity index (χ1v) is 52.3. The molecule has 12 atom stereocenters. The highest BCUT2D eigenvalue weighted by Crippen LogP contribution is 2.29. The number of Topliss-reactive ketones (excluding diaryl/α,β-unsaturated/α-hetero) is 4. The van der Waals surface area contributed by atoms with Crippen molar-refractivity contribution in [3.63, 3.8) is 0 Å². The lowest BCUT2D eigenvalue weighted by Crippen LogP contribution is -2.48.